The molecule has 0 saturated heterocycles. The first-order valence-electron chi connectivity index (χ1n) is 3.82. The summed E-state index contributed by atoms with van der Waals surface area (Å²) in [5.41, 5.74) is 0. The first-order valence-corrected chi connectivity index (χ1v) is 3.82. The molecule has 0 aromatic heterocycles. The summed E-state index contributed by atoms with van der Waals surface area (Å²) < 4.78 is 23.2. The summed E-state index contributed by atoms with van der Waals surface area (Å²) in [5, 5.41) is 0. The topological polar surface area (TPSA) is 17.1 Å². The van der Waals surface area contributed by atoms with Crippen LogP contribution in [0.1, 0.15) is 33.1 Å². The van der Waals surface area contributed by atoms with Crippen molar-refractivity contribution in [3.63, 3.8) is 0 Å². The zero-order chi connectivity index (χ0) is 8.85. The number of rotatable bonds is 5. The van der Waals surface area contributed by atoms with E-state index in [1.807, 2.05) is 13.8 Å². The Balaban J connectivity index is 3.38. The Morgan fingerprint density at radius 1 is 1.36 bits per heavy atom. The van der Waals surface area contributed by atoms with E-state index in [0.717, 1.165) is 0 Å². The van der Waals surface area contributed by atoms with Gasteiger partial charge >= 0.3 is 0 Å². The summed E-state index contributed by atoms with van der Waals surface area (Å²) in [6, 6.07) is 0. The van der Waals surface area contributed by atoms with Gasteiger partial charge in [0.1, 0.15) is 5.78 Å². The first-order chi connectivity index (χ1) is 5.02. The van der Waals surface area contributed by atoms with Gasteiger partial charge in [0.2, 0.25) is 6.43 Å². The molecule has 0 spiro atoms. The van der Waals surface area contributed by atoms with Gasteiger partial charge in [-0.3, -0.25) is 4.79 Å². The first kappa shape index (κ1) is 10.5. The quantitative estimate of drug-likeness (QED) is 0.610. The Labute approximate surface area is 65.8 Å². The lowest BCUT2D eigenvalue weighted by atomic mass is 10.0. The molecule has 11 heavy (non-hydrogen) atoms. The van der Waals surface area contributed by atoms with E-state index in [0.29, 0.717) is 6.42 Å². The molecule has 0 aromatic carbocycles. The molecule has 0 aromatic rings. The van der Waals surface area contributed by atoms with Crippen LogP contribution in [0.15, 0.2) is 0 Å². The van der Waals surface area contributed by atoms with Gasteiger partial charge in [-0.2, -0.15) is 0 Å². The molecule has 0 N–H and O–H groups in total. The van der Waals surface area contributed by atoms with Crippen LogP contribution < -0.4 is 0 Å². The van der Waals surface area contributed by atoms with E-state index >= 15 is 0 Å². The molecule has 0 radical (unpaired) electrons. The van der Waals surface area contributed by atoms with E-state index in [-0.39, 0.29) is 24.5 Å². The fraction of sp³-hybridized carbons (Fsp3) is 0.875. The highest BCUT2D eigenvalue weighted by atomic mass is 19.3. The Hall–Kier alpha value is -0.470. The molecule has 0 amide bonds. The fourth-order valence-electron chi connectivity index (χ4n) is 0.828. The van der Waals surface area contributed by atoms with Crippen LogP contribution >= 0.6 is 0 Å². The maximum absolute atomic E-state index is 11.6. The van der Waals surface area contributed by atoms with Crippen LogP contribution in [-0.2, 0) is 4.79 Å². The predicted molar refractivity (Wildman–Crippen MR) is 39.7 cm³/mol. The van der Waals surface area contributed by atoms with Crippen LogP contribution in [0.5, 0.6) is 0 Å². The van der Waals surface area contributed by atoms with E-state index < -0.39 is 6.43 Å². The summed E-state index contributed by atoms with van der Waals surface area (Å²) >= 11 is 0. The molecule has 66 valence electrons. The minimum atomic E-state index is -2.34. The average Bonchev–Trinajstić information content (AvgIpc) is 1.82. The van der Waals surface area contributed by atoms with E-state index in [2.05, 4.69) is 0 Å². The Kier molecular flexibility index (Phi) is 4.99. The minimum absolute atomic E-state index is 0.0237. The molecule has 0 rings (SSSR count). The van der Waals surface area contributed by atoms with Gasteiger partial charge in [-0.25, -0.2) is 8.78 Å². The van der Waals surface area contributed by atoms with Gasteiger partial charge in [-0.15, -0.1) is 0 Å². The lowest BCUT2D eigenvalue weighted by Gasteiger charge is -2.02. The van der Waals surface area contributed by atoms with Crippen LogP contribution in [0.3, 0.4) is 0 Å². The molecule has 0 atom stereocenters. The van der Waals surface area contributed by atoms with Gasteiger partial charge in [0.25, 0.3) is 0 Å². The van der Waals surface area contributed by atoms with Gasteiger partial charge in [0, 0.05) is 19.3 Å². The Bertz CT molecular complexity index is 121. The van der Waals surface area contributed by atoms with Gasteiger partial charge in [0.05, 0.1) is 0 Å². The van der Waals surface area contributed by atoms with Crippen molar-refractivity contribution in [2.45, 2.75) is 39.5 Å². The number of carbonyl (C=O) groups excluding carboxylic acids is 1. The Morgan fingerprint density at radius 2 is 1.91 bits per heavy atom. The largest absolute Gasteiger partial charge is 0.300 e. The molecule has 3 heteroatoms. The second-order valence-corrected chi connectivity index (χ2v) is 3.07. The third-order valence-electron chi connectivity index (χ3n) is 1.28. The van der Waals surface area contributed by atoms with E-state index in [1.54, 1.807) is 0 Å². The third-order valence-corrected chi connectivity index (χ3v) is 1.28. The lowest BCUT2D eigenvalue weighted by molar-refractivity contribution is -0.120. The van der Waals surface area contributed by atoms with Crippen molar-refractivity contribution >= 4 is 5.78 Å². The minimum Gasteiger partial charge on any atom is -0.300 e. The molecule has 0 aliphatic rings. The summed E-state index contributed by atoms with van der Waals surface area (Å²) in [6.45, 7) is 3.81. The van der Waals surface area contributed by atoms with Crippen LogP contribution in [0.2, 0.25) is 0 Å². The number of halogens is 2. The van der Waals surface area contributed by atoms with Crippen LogP contribution in [-0.4, -0.2) is 12.2 Å². The zero-order valence-corrected chi connectivity index (χ0v) is 6.94. The second kappa shape index (κ2) is 5.22. The smallest absolute Gasteiger partial charge is 0.239 e. The molecule has 0 aliphatic carbocycles. The van der Waals surface area contributed by atoms with Crippen LogP contribution in [0.25, 0.3) is 0 Å². The van der Waals surface area contributed by atoms with Crippen molar-refractivity contribution in [3.8, 4) is 0 Å². The number of carbonyl (C=O) groups is 1. The Morgan fingerprint density at radius 3 is 2.27 bits per heavy atom. The van der Waals surface area contributed by atoms with E-state index in [1.165, 1.54) is 0 Å². The number of hydrogen-bond donors (Lipinski definition) is 0. The average molecular weight is 164 g/mol. The van der Waals surface area contributed by atoms with Crippen LogP contribution in [0.4, 0.5) is 8.78 Å². The predicted octanol–water partition coefficient (Wildman–Crippen LogP) is 2.65. The molecule has 0 saturated carbocycles. The molecule has 0 unspecified atom stereocenters. The van der Waals surface area contributed by atoms with Crippen molar-refractivity contribution in [1.82, 2.24) is 0 Å². The summed E-state index contributed by atoms with van der Waals surface area (Å²) in [5.74, 6) is 0.223. The van der Waals surface area contributed by atoms with Gasteiger partial charge < -0.3 is 0 Å². The highest BCUT2D eigenvalue weighted by molar-refractivity contribution is 5.78. The summed E-state index contributed by atoms with van der Waals surface area (Å²) in [6.07, 6.45) is -2.18. The van der Waals surface area contributed by atoms with Crippen molar-refractivity contribution in [2.24, 2.45) is 5.92 Å². The zero-order valence-electron chi connectivity index (χ0n) is 6.94. The third kappa shape index (κ3) is 7.43. The van der Waals surface area contributed by atoms with E-state index in [9.17, 15) is 13.6 Å². The van der Waals surface area contributed by atoms with Crippen molar-refractivity contribution in [1.29, 1.82) is 0 Å². The highest BCUT2D eigenvalue weighted by Gasteiger charge is 2.08. The van der Waals surface area contributed by atoms with E-state index in [4.69, 9.17) is 0 Å². The number of hydrogen-bond acceptors (Lipinski definition) is 1. The molecule has 0 bridgehead atoms. The number of ketones is 1. The SMILES string of the molecule is CC(C)CC(=O)CCC(F)F. The monoisotopic (exact) mass is 164 g/mol. The van der Waals surface area contributed by atoms with Gasteiger partial charge in [-0.1, -0.05) is 13.8 Å². The van der Waals surface area contributed by atoms with Crippen molar-refractivity contribution in [3.05, 3.63) is 0 Å². The number of alkyl halides is 2. The highest BCUT2D eigenvalue weighted by Crippen LogP contribution is 2.08. The summed E-state index contributed by atoms with van der Waals surface area (Å²) in [7, 11) is 0. The maximum atomic E-state index is 11.6. The molecular formula is C8H14F2O. The molecule has 0 heterocycles. The maximum Gasteiger partial charge on any atom is 0.239 e. The van der Waals surface area contributed by atoms with Gasteiger partial charge in [-0.05, 0) is 5.92 Å². The molecule has 0 fully saturated rings. The van der Waals surface area contributed by atoms with Gasteiger partial charge in [0.15, 0.2) is 0 Å². The van der Waals surface area contributed by atoms with Crippen molar-refractivity contribution < 1.29 is 13.6 Å². The normalized spacial score (nSPS) is 11.1. The molecule has 0 aliphatic heterocycles. The second-order valence-electron chi connectivity index (χ2n) is 3.07. The standard InChI is InChI=1S/C8H14F2O/c1-6(2)5-7(11)3-4-8(9)10/h6,8H,3-5H2,1-2H3. The summed E-state index contributed by atoms with van der Waals surface area (Å²) in [4.78, 5) is 10.8. The fourth-order valence-corrected chi connectivity index (χ4v) is 0.828. The van der Waals surface area contributed by atoms with Crippen LogP contribution in [0, 0.1) is 5.92 Å². The molecule has 1 nitrogen and oxygen atoms in total. The molecular weight excluding hydrogens is 150 g/mol. The lowest BCUT2D eigenvalue weighted by Crippen LogP contribution is -2.04. The number of Topliss-reactive ketones (excluding diaryl/α,β-unsaturated/α-hetero) is 1. The van der Waals surface area contributed by atoms with Crippen molar-refractivity contribution in [2.75, 3.05) is 0 Å².